The molecule has 3 atom stereocenters. The van der Waals surface area contributed by atoms with Gasteiger partial charge in [-0.05, 0) is 30.9 Å². The van der Waals surface area contributed by atoms with Crippen LogP contribution in [0.1, 0.15) is 24.0 Å². The summed E-state index contributed by atoms with van der Waals surface area (Å²) in [7, 11) is 0. The third kappa shape index (κ3) is 5.80. The Morgan fingerprint density at radius 1 is 1.19 bits per heavy atom. The molecule has 1 saturated heterocycles. The molecular formula is C16H16F7NO3. The number of benzene rings is 1. The molecule has 1 aromatic rings. The van der Waals surface area contributed by atoms with Gasteiger partial charge >= 0.3 is 18.3 Å². The van der Waals surface area contributed by atoms with E-state index in [0.29, 0.717) is 18.0 Å². The minimum absolute atomic E-state index is 0.0257. The highest BCUT2D eigenvalue weighted by Crippen LogP contribution is 2.34. The van der Waals surface area contributed by atoms with Gasteiger partial charge in [0.2, 0.25) is 0 Å². The highest BCUT2D eigenvalue weighted by atomic mass is 19.4. The molecule has 0 amide bonds. The van der Waals surface area contributed by atoms with Crippen molar-refractivity contribution in [1.82, 2.24) is 5.32 Å². The van der Waals surface area contributed by atoms with Crippen molar-refractivity contribution in [1.29, 1.82) is 0 Å². The highest BCUT2D eigenvalue weighted by Gasteiger charge is 2.40. The molecule has 2 N–H and O–H groups in total. The summed E-state index contributed by atoms with van der Waals surface area (Å²) in [6, 6.07) is 3.05. The Balaban J connectivity index is 0.000000321. The van der Waals surface area contributed by atoms with Gasteiger partial charge in [-0.1, -0.05) is 6.07 Å². The fraction of sp³-hybridized carbons (Fsp3) is 0.562. The largest absolute Gasteiger partial charge is 0.490 e. The normalized spacial score (nSPS) is 24.5. The maximum Gasteiger partial charge on any atom is 0.490 e. The van der Waals surface area contributed by atoms with E-state index in [0.717, 1.165) is 31.5 Å². The summed E-state index contributed by atoms with van der Waals surface area (Å²) in [5.41, 5.74) is -0.795. The summed E-state index contributed by atoms with van der Waals surface area (Å²) in [6.45, 7) is 0.933. The number of ether oxygens (including phenoxy) is 1. The van der Waals surface area contributed by atoms with Gasteiger partial charge in [-0.15, -0.1) is 0 Å². The van der Waals surface area contributed by atoms with Crippen LogP contribution in [0.25, 0.3) is 0 Å². The molecule has 1 aliphatic heterocycles. The first kappa shape index (κ1) is 21.4. The predicted molar refractivity (Wildman–Crippen MR) is 78.2 cm³/mol. The Kier molecular flexibility index (Phi) is 6.35. The van der Waals surface area contributed by atoms with Crippen molar-refractivity contribution in [3.63, 3.8) is 0 Å². The van der Waals surface area contributed by atoms with E-state index in [-0.39, 0.29) is 18.3 Å². The van der Waals surface area contributed by atoms with Gasteiger partial charge < -0.3 is 15.2 Å². The molecule has 1 aliphatic carbocycles. The van der Waals surface area contributed by atoms with E-state index >= 15 is 0 Å². The summed E-state index contributed by atoms with van der Waals surface area (Å²) in [5.74, 6) is -3.17. The number of nitrogens with one attached hydrogen (secondary N) is 1. The molecule has 0 radical (unpaired) electrons. The number of aliphatic carboxylic acids is 1. The van der Waals surface area contributed by atoms with Gasteiger partial charge in [0.15, 0.2) is 0 Å². The predicted octanol–water partition coefficient (Wildman–Crippen LogP) is 3.74. The van der Waals surface area contributed by atoms with Crippen molar-refractivity contribution in [2.24, 2.45) is 5.92 Å². The first-order chi connectivity index (χ1) is 12.4. The van der Waals surface area contributed by atoms with Crippen molar-refractivity contribution in [3.05, 3.63) is 35.1 Å². The number of fused-ring (bicyclic) bond motifs is 2. The number of halogens is 7. The number of alkyl halides is 6. The van der Waals surface area contributed by atoms with E-state index in [1.807, 2.05) is 0 Å². The summed E-state index contributed by atoms with van der Waals surface area (Å²) in [4.78, 5) is 8.90. The Morgan fingerprint density at radius 3 is 2.22 bits per heavy atom. The van der Waals surface area contributed by atoms with Crippen molar-refractivity contribution in [2.45, 2.75) is 43.9 Å². The van der Waals surface area contributed by atoms with Gasteiger partial charge in [-0.3, -0.25) is 0 Å². The first-order valence-electron chi connectivity index (χ1n) is 7.88. The monoisotopic (exact) mass is 403 g/mol. The molecule has 152 valence electrons. The zero-order valence-corrected chi connectivity index (χ0v) is 13.7. The second-order valence-corrected chi connectivity index (χ2v) is 6.29. The maximum atomic E-state index is 13.6. The molecule has 4 nitrogen and oxygen atoms in total. The van der Waals surface area contributed by atoms with E-state index in [1.165, 1.54) is 0 Å². The number of hydrogen-bond acceptors (Lipinski definition) is 3. The van der Waals surface area contributed by atoms with Gasteiger partial charge in [0.25, 0.3) is 0 Å². The molecular weight excluding hydrogens is 387 g/mol. The van der Waals surface area contributed by atoms with Crippen molar-refractivity contribution >= 4 is 5.97 Å². The number of carboxylic acids is 1. The van der Waals surface area contributed by atoms with E-state index in [1.54, 1.807) is 0 Å². The van der Waals surface area contributed by atoms with Crippen LogP contribution >= 0.6 is 0 Å². The van der Waals surface area contributed by atoms with Gasteiger partial charge in [0.05, 0.1) is 18.3 Å². The van der Waals surface area contributed by atoms with Crippen LogP contribution in [-0.2, 0) is 22.3 Å². The molecule has 2 aliphatic rings. The smallest absolute Gasteiger partial charge is 0.475 e. The molecule has 0 aromatic heterocycles. The molecule has 0 spiro atoms. The zero-order valence-electron chi connectivity index (χ0n) is 13.7. The van der Waals surface area contributed by atoms with E-state index < -0.39 is 29.7 Å². The summed E-state index contributed by atoms with van der Waals surface area (Å²) >= 11 is 0. The zero-order chi connectivity index (χ0) is 20.4. The fourth-order valence-electron chi connectivity index (χ4n) is 3.03. The maximum absolute atomic E-state index is 13.6. The molecule has 1 heterocycles. The quantitative estimate of drug-likeness (QED) is 0.755. The number of rotatable bonds is 3. The minimum Gasteiger partial charge on any atom is -0.475 e. The van der Waals surface area contributed by atoms with Crippen molar-refractivity contribution < 1.29 is 45.4 Å². The second kappa shape index (κ2) is 8.01. The first-order valence-corrected chi connectivity index (χ1v) is 7.88. The van der Waals surface area contributed by atoms with Crippen molar-refractivity contribution in [2.75, 3.05) is 6.54 Å². The standard InChI is InChI=1S/C14H15F4NO.C2HF3O2/c15-12-4-10(14(16,17)18)2-1-8(12)7-20-13-5-11-3-9(13)6-19-11;3-2(4,5)1(6)7/h1-2,4,9,11,13,19H,3,5-7H2;(H,6,7)/t9-,11-,13+;/m1./s1. The van der Waals surface area contributed by atoms with Gasteiger partial charge in [-0.2, -0.15) is 26.3 Å². The van der Waals surface area contributed by atoms with Crippen molar-refractivity contribution in [3.8, 4) is 0 Å². The lowest BCUT2D eigenvalue weighted by molar-refractivity contribution is -0.192. The molecule has 1 aromatic carbocycles. The second-order valence-electron chi connectivity index (χ2n) is 6.29. The topological polar surface area (TPSA) is 58.6 Å². The molecule has 2 fully saturated rings. The van der Waals surface area contributed by atoms with Crippen LogP contribution in [-0.4, -0.2) is 35.9 Å². The Morgan fingerprint density at radius 2 is 1.81 bits per heavy atom. The number of carbonyl (C=O) groups is 1. The fourth-order valence-corrected chi connectivity index (χ4v) is 3.03. The number of piperidine rings is 1. The van der Waals surface area contributed by atoms with Crippen LogP contribution in [0.5, 0.6) is 0 Å². The SMILES string of the molecule is Fc1cc(C(F)(F)F)ccc1CO[C@H]1C[C@H]2C[C@@H]1CN2.O=C(O)C(F)(F)F. The van der Waals surface area contributed by atoms with Crippen LogP contribution in [0, 0.1) is 11.7 Å². The van der Waals surface area contributed by atoms with Gasteiger partial charge in [-0.25, -0.2) is 9.18 Å². The average Bonchev–Trinajstić information content (AvgIpc) is 3.15. The van der Waals surface area contributed by atoms with E-state index in [2.05, 4.69) is 5.32 Å². The third-order valence-electron chi connectivity index (χ3n) is 4.37. The lowest BCUT2D eigenvalue weighted by atomic mass is 10.1. The third-order valence-corrected chi connectivity index (χ3v) is 4.37. The average molecular weight is 403 g/mol. The molecule has 11 heteroatoms. The molecule has 2 bridgehead atoms. The number of carboxylic acid groups (broad SMARTS) is 1. The lowest BCUT2D eigenvalue weighted by Crippen LogP contribution is -2.34. The Labute approximate surface area is 149 Å². The molecule has 3 rings (SSSR count). The van der Waals surface area contributed by atoms with Crippen LogP contribution in [0.15, 0.2) is 18.2 Å². The molecule has 1 saturated carbocycles. The summed E-state index contributed by atoms with van der Waals surface area (Å²) in [6.07, 6.45) is -7.55. The molecule has 0 unspecified atom stereocenters. The summed E-state index contributed by atoms with van der Waals surface area (Å²) in [5, 5.41) is 10.5. The Bertz CT molecular complexity index is 675. The van der Waals surface area contributed by atoms with Crippen LogP contribution < -0.4 is 5.32 Å². The minimum atomic E-state index is -5.08. The Hall–Kier alpha value is -1.88. The van der Waals surface area contributed by atoms with Gasteiger partial charge in [0.1, 0.15) is 5.82 Å². The summed E-state index contributed by atoms with van der Waals surface area (Å²) < 4.78 is 88.3. The molecule has 27 heavy (non-hydrogen) atoms. The highest BCUT2D eigenvalue weighted by molar-refractivity contribution is 5.73. The lowest BCUT2D eigenvalue weighted by Gasteiger charge is -2.23. The van der Waals surface area contributed by atoms with Crippen LogP contribution in [0.3, 0.4) is 0 Å². The van der Waals surface area contributed by atoms with E-state index in [9.17, 15) is 30.7 Å². The van der Waals surface area contributed by atoms with Crippen LogP contribution in [0.2, 0.25) is 0 Å². The van der Waals surface area contributed by atoms with E-state index in [4.69, 9.17) is 14.6 Å². The van der Waals surface area contributed by atoms with Gasteiger partial charge in [0, 0.05) is 18.2 Å². The van der Waals surface area contributed by atoms with Crippen LogP contribution in [0.4, 0.5) is 30.7 Å². The number of hydrogen-bond donors (Lipinski definition) is 2.